The van der Waals surface area contributed by atoms with Crippen molar-refractivity contribution in [1.29, 1.82) is 0 Å². The minimum Gasteiger partial charge on any atom is -0.396 e. The maximum absolute atomic E-state index is 12.6. The second kappa shape index (κ2) is 6.91. The molecule has 0 aliphatic heterocycles. The van der Waals surface area contributed by atoms with Gasteiger partial charge in [0.2, 0.25) is 5.91 Å². The number of hydrogen-bond donors (Lipinski definition) is 2. The molecule has 106 valence electrons. The molecule has 0 bridgehead atoms. The van der Waals surface area contributed by atoms with Gasteiger partial charge in [-0.15, -0.1) is 0 Å². The number of anilines is 1. The summed E-state index contributed by atoms with van der Waals surface area (Å²) in [5, 5.41) is 11.0. The molecule has 19 heavy (non-hydrogen) atoms. The van der Waals surface area contributed by atoms with Gasteiger partial charge in [-0.3, -0.25) is 4.79 Å². The van der Waals surface area contributed by atoms with E-state index in [4.69, 9.17) is 5.11 Å². The van der Waals surface area contributed by atoms with E-state index in [-0.39, 0.29) is 29.1 Å². The molecule has 0 aliphatic rings. The van der Waals surface area contributed by atoms with Crippen molar-refractivity contribution in [3.8, 4) is 0 Å². The lowest BCUT2D eigenvalue weighted by molar-refractivity contribution is -0.137. The quantitative estimate of drug-likeness (QED) is 0.805. The lowest BCUT2D eigenvalue weighted by Gasteiger charge is -2.11. The average Bonchev–Trinajstić information content (AvgIpc) is 2.27. The van der Waals surface area contributed by atoms with Crippen LogP contribution in [0.1, 0.15) is 24.8 Å². The summed E-state index contributed by atoms with van der Waals surface area (Å²) in [7, 11) is 0. The van der Waals surface area contributed by atoms with Crippen LogP contribution in [0.3, 0.4) is 0 Å². The number of benzene rings is 1. The van der Waals surface area contributed by atoms with Crippen molar-refractivity contribution in [1.82, 2.24) is 0 Å². The van der Waals surface area contributed by atoms with Crippen LogP contribution in [0.15, 0.2) is 22.7 Å². The Morgan fingerprint density at radius 1 is 1.26 bits per heavy atom. The SMILES string of the molecule is O=C(CCCCO)Nc1cc(Br)cc(C(F)(F)F)c1. The van der Waals surface area contributed by atoms with Crippen molar-refractivity contribution in [2.75, 3.05) is 11.9 Å². The number of alkyl halides is 3. The highest BCUT2D eigenvalue weighted by atomic mass is 79.9. The summed E-state index contributed by atoms with van der Waals surface area (Å²) in [4.78, 5) is 11.5. The van der Waals surface area contributed by atoms with Crippen molar-refractivity contribution in [3.05, 3.63) is 28.2 Å². The van der Waals surface area contributed by atoms with Gasteiger partial charge in [0.05, 0.1) is 5.56 Å². The Balaban J connectivity index is 2.73. The van der Waals surface area contributed by atoms with E-state index in [9.17, 15) is 18.0 Å². The Morgan fingerprint density at radius 2 is 1.95 bits per heavy atom. The highest BCUT2D eigenvalue weighted by molar-refractivity contribution is 9.10. The van der Waals surface area contributed by atoms with Crippen LogP contribution >= 0.6 is 15.9 Å². The molecule has 0 fully saturated rings. The first-order chi connectivity index (χ1) is 8.82. The number of aliphatic hydroxyl groups is 1. The Bertz CT molecular complexity index is 449. The van der Waals surface area contributed by atoms with E-state index in [0.717, 1.165) is 12.1 Å². The Morgan fingerprint density at radius 3 is 2.53 bits per heavy atom. The number of halogens is 4. The molecule has 0 spiro atoms. The van der Waals surface area contributed by atoms with Crippen LogP contribution in [-0.2, 0) is 11.0 Å². The van der Waals surface area contributed by atoms with Gasteiger partial charge in [-0.1, -0.05) is 15.9 Å². The highest BCUT2D eigenvalue weighted by Crippen LogP contribution is 2.33. The predicted octanol–water partition coefficient (Wildman–Crippen LogP) is 3.57. The zero-order valence-electron chi connectivity index (χ0n) is 9.93. The van der Waals surface area contributed by atoms with E-state index >= 15 is 0 Å². The maximum atomic E-state index is 12.6. The number of carbonyl (C=O) groups is 1. The number of amides is 1. The molecule has 0 unspecified atom stereocenters. The summed E-state index contributed by atoms with van der Waals surface area (Å²) in [6.07, 6.45) is -3.32. The van der Waals surface area contributed by atoms with E-state index in [2.05, 4.69) is 21.2 Å². The standard InChI is InChI=1S/C12H13BrF3NO2/c13-9-5-8(12(14,15)16)6-10(7-9)17-11(19)3-1-2-4-18/h5-7,18H,1-4H2,(H,17,19). The number of nitrogens with one attached hydrogen (secondary N) is 1. The summed E-state index contributed by atoms with van der Waals surface area (Å²) in [5.74, 6) is -0.375. The Hall–Kier alpha value is -1.08. The summed E-state index contributed by atoms with van der Waals surface area (Å²) >= 11 is 2.97. The van der Waals surface area contributed by atoms with Crippen molar-refractivity contribution < 1.29 is 23.1 Å². The van der Waals surface area contributed by atoms with Crippen LogP contribution in [-0.4, -0.2) is 17.6 Å². The molecule has 1 aromatic rings. The minimum atomic E-state index is -4.46. The van der Waals surface area contributed by atoms with Gasteiger partial charge >= 0.3 is 6.18 Å². The van der Waals surface area contributed by atoms with Gasteiger partial charge in [0.25, 0.3) is 0 Å². The van der Waals surface area contributed by atoms with Gasteiger partial charge in [0.15, 0.2) is 0 Å². The molecule has 0 saturated carbocycles. The van der Waals surface area contributed by atoms with Crippen molar-refractivity contribution in [2.24, 2.45) is 0 Å². The molecule has 0 heterocycles. The van der Waals surface area contributed by atoms with Crippen LogP contribution in [0, 0.1) is 0 Å². The molecule has 3 nitrogen and oxygen atoms in total. The fourth-order valence-electron chi connectivity index (χ4n) is 1.45. The fourth-order valence-corrected chi connectivity index (χ4v) is 1.94. The van der Waals surface area contributed by atoms with Crippen LogP contribution in [0.25, 0.3) is 0 Å². The van der Waals surface area contributed by atoms with E-state index < -0.39 is 11.7 Å². The number of unbranched alkanes of at least 4 members (excludes halogenated alkanes) is 1. The van der Waals surface area contributed by atoms with Crippen LogP contribution in [0.2, 0.25) is 0 Å². The molecule has 1 aromatic carbocycles. The molecule has 7 heteroatoms. The van der Waals surface area contributed by atoms with E-state index in [1.807, 2.05) is 0 Å². The number of carbonyl (C=O) groups excluding carboxylic acids is 1. The molecule has 1 rings (SSSR count). The molecule has 1 amide bonds. The van der Waals surface area contributed by atoms with E-state index in [1.165, 1.54) is 6.07 Å². The van der Waals surface area contributed by atoms with E-state index in [1.54, 1.807) is 0 Å². The second-order valence-corrected chi connectivity index (χ2v) is 4.87. The third-order valence-corrected chi connectivity index (χ3v) is 2.78. The van der Waals surface area contributed by atoms with Crippen LogP contribution in [0.4, 0.5) is 18.9 Å². The largest absolute Gasteiger partial charge is 0.416 e. The highest BCUT2D eigenvalue weighted by Gasteiger charge is 2.31. The number of aliphatic hydroxyl groups excluding tert-OH is 1. The van der Waals surface area contributed by atoms with Crippen molar-refractivity contribution in [2.45, 2.75) is 25.4 Å². The molecule has 0 saturated heterocycles. The third kappa shape index (κ3) is 5.61. The molecule has 0 radical (unpaired) electrons. The first kappa shape index (κ1) is 16.0. The van der Waals surface area contributed by atoms with E-state index in [0.29, 0.717) is 12.8 Å². The summed E-state index contributed by atoms with van der Waals surface area (Å²) in [6.45, 7) is -0.0115. The number of rotatable bonds is 5. The normalized spacial score (nSPS) is 11.4. The van der Waals surface area contributed by atoms with Gasteiger partial charge in [0, 0.05) is 23.2 Å². The topological polar surface area (TPSA) is 49.3 Å². The third-order valence-electron chi connectivity index (χ3n) is 2.32. The maximum Gasteiger partial charge on any atom is 0.416 e. The monoisotopic (exact) mass is 339 g/mol. The smallest absolute Gasteiger partial charge is 0.396 e. The average molecular weight is 340 g/mol. The van der Waals surface area contributed by atoms with Crippen LogP contribution in [0.5, 0.6) is 0 Å². The minimum absolute atomic E-state index is 0.0115. The number of hydrogen-bond acceptors (Lipinski definition) is 2. The van der Waals surface area contributed by atoms with Gasteiger partial charge < -0.3 is 10.4 Å². The molecule has 0 aliphatic carbocycles. The van der Waals surface area contributed by atoms with Gasteiger partial charge in [-0.2, -0.15) is 13.2 Å². The van der Waals surface area contributed by atoms with Crippen molar-refractivity contribution in [3.63, 3.8) is 0 Å². The second-order valence-electron chi connectivity index (χ2n) is 3.96. The van der Waals surface area contributed by atoms with Gasteiger partial charge in [0.1, 0.15) is 0 Å². The predicted molar refractivity (Wildman–Crippen MR) is 68.7 cm³/mol. The molecular weight excluding hydrogens is 327 g/mol. The Labute approximate surface area is 116 Å². The summed E-state index contributed by atoms with van der Waals surface area (Å²) in [6, 6.07) is 3.23. The van der Waals surface area contributed by atoms with Gasteiger partial charge in [-0.05, 0) is 31.0 Å². The van der Waals surface area contributed by atoms with Crippen LogP contribution < -0.4 is 5.32 Å². The lowest BCUT2D eigenvalue weighted by Crippen LogP contribution is -2.13. The summed E-state index contributed by atoms with van der Waals surface area (Å²) < 4.78 is 38.0. The Kier molecular flexibility index (Phi) is 5.81. The molecule has 0 atom stereocenters. The lowest BCUT2D eigenvalue weighted by atomic mass is 10.2. The first-order valence-electron chi connectivity index (χ1n) is 5.61. The summed E-state index contributed by atoms with van der Waals surface area (Å²) in [5.41, 5.74) is -0.733. The molecular formula is C12H13BrF3NO2. The van der Waals surface area contributed by atoms with Crippen molar-refractivity contribution >= 4 is 27.5 Å². The molecule has 2 N–H and O–H groups in total. The van der Waals surface area contributed by atoms with Gasteiger partial charge in [-0.25, -0.2) is 0 Å². The molecule has 0 aromatic heterocycles. The zero-order valence-corrected chi connectivity index (χ0v) is 11.5. The first-order valence-corrected chi connectivity index (χ1v) is 6.40. The fraction of sp³-hybridized carbons (Fsp3) is 0.417. The zero-order chi connectivity index (χ0) is 14.5.